The van der Waals surface area contributed by atoms with Crippen molar-refractivity contribution in [3.8, 4) is 39.5 Å². The summed E-state index contributed by atoms with van der Waals surface area (Å²) in [6.45, 7) is 14.0. The van der Waals surface area contributed by atoms with Crippen LogP contribution < -0.4 is 0 Å². The summed E-state index contributed by atoms with van der Waals surface area (Å²) in [5, 5.41) is 14.9. The van der Waals surface area contributed by atoms with Crippen molar-refractivity contribution in [1.82, 2.24) is 18.8 Å². The van der Waals surface area contributed by atoms with Crippen molar-refractivity contribution < 1.29 is 38.8 Å². The van der Waals surface area contributed by atoms with Gasteiger partial charge in [0, 0.05) is 45.6 Å². The molecule has 6 nitrogen and oxygen atoms in total. The summed E-state index contributed by atoms with van der Waals surface area (Å²) in [6.07, 6.45) is 1.74. The number of benzene rings is 5. The Hall–Kier alpha value is -5.45. The average molecular weight is 963 g/mol. The number of aromatic hydroxyl groups is 1. The van der Waals surface area contributed by atoms with E-state index in [0.29, 0.717) is 39.4 Å². The van der Waals surface area contributed by atoms with Gasteiger partial charge in [-0.1, -0.05) is 116 Å². The number of hydrogen-bond donors (Lipinski definition) is 1. The van der Waals surface area contributed by atoms with Gasteiger partial charge in [0.05, 0.1) is 28.7 Å². The SMILES string of the molecule is [2H]C([2H])([2H])c1cccc(C([2H])([2H])[2H])c1-c1cc(-c2cc(C(C)(C)C)ccc2O)nc2c1c1cccc3c4c(C(C)(C)C)cc(-c5ncc6oc7cc(C(C)(C)C)ccc7n56)[c-]c4n2c31.[Pt]. The third-order valence-electron chi connectivity index (χ3n) is 11.8. The van der Waals surface area contributed by atoms with Crippen LogP contribution in [0.25, 0.3) is 88.8 Å². The number of hydrogen-bond acceptors (Lipinski definition) is 4. The number of pyridine rings is 1. The van der Waals surface area contributed by atoms with E-state index in [0.717, 1.165) is 60.5 Å². The van der Waals surface area contributed by atoms with Gasteiger partial charge in [-0.2, -0.15) is 0 Å². The van der Waals surface area contributed by atoms with Crippen molar-refractivity contribution in [1.29, 1.82) is 0 Å². The number of aryl methyl sites for hydroxylation is 2. The van der Waals surface area contributed by atoms with Gasteiger partial charge in [0.1, 0.15) is 11.4 Å². The molecule has 0 aliphatic rings. The second kappa shape index (κ2) is 13.0. The zero-order valence-corrected chi connectivity index (χ0v) is 36.9. The molecule has 10 aromatic rings. The molecule has 0 saturated heterocycles. The van der Waals surface area contributed by atoms with Crippen LogP contribution in [-0.4, -0.2) is 23.9 Å². The molecule has 0 unspecified atom stereocenters. The fourth-order valence-corrected chi connectivity index (χ4v) is 8.77. The van der Waals surface area contributed by atoms with E-state index in [9.17, 15) is 5.11 Å². The van der Waals surface area contributed by atoms with Gasteiger partial charge < -0.3 is 18.3 Å². The molecule has 0 saturated carbocycles. The summed E-state index contributed by atoms with van der Waals surface area (Å²) in [6, 6.07) is 30.0. The summed E-state index contributed by atoms with van der Waals surface area (Å²) in [4.78, 5) is 10.3. The van der Waals surface area contributed by atoms with Gasteiger partial charge in [-0.05, 0) is 105 Å². The third-order valence-corrected chi connectivity index (χ3v) is 11.8. The van der Waals surface area contributed by atoms with E-state index in [2.05, 4.69) is 103 Å². The largest absolute Gasteiger partial charge is 0.507 e. The molecule has 10 rings (SSSR count). The number of aromatic nitrogens is 4. The molecule has 0 radical (unpaired) electrons. The van der Waals surface area contributed by atoms with Gasteiger partial charge in [0.2, 0.25) is 5.71 Å². The fraction of sp³-hybridized carbons (Fsp3) is 0.269. The maximum absolute atomic E-state index is 11.6. The van der Waals surface area contributed by atoms with E-state index in [1.807, 2.05) is 28.7 Å². The minimum Gasteiger partial charge on any atom is -0.507 e. The van der Waals surface area contributed by atoms with Crippen molar-refractivity contribution >= 4 is 55.0 Å². The molecular formula is C52H49N4O2Pt-. The molecule has 0 bridgehead atoms. The molecule has 0 fully saturated rings. The Bertz CT molecular complexity index is 3520. The number of imidazole rings is 1. The van der Waals surface area contributed by atoms with Gasteiger partial charge in [-0.15, -0.1) is 23.3 Å². The normalized spacial score (nSPS) is 14.9. The minimum absolute atomic E-state index is 0. The second-order valence-corrected chi connectivity index (χ2v) is 18.9. The third kappa shape index (κ3) is 5.85. The van der Waals surface area contributed by atoms with Crippen molar-refractivity contribution in [3.05, 3.63) is 125 Å². The van der Waals surface area contributed by atoms with Crippen LogP contribution in [0.2, 0.25) is 0 Å². The number of phenols is 1. The van der Waals surface area contributed by atoms with E-state index in [4.69, 9.17) is 22.6 Å². The summed E-state index contributed by atoms with van der Waals surface area (Å²) in [7, 11) is 0. The van der Waals surface area contributed by atoms with Crippen molar-refractivity contribution in [3.63, 3.8) is 0 Å². The Morgan fingerprint density at radius 2 is 1.37 bits per heavy atom. The van der Waals surface area contributed by atoms with Crippen LogP contribution in [-0.2, 0) is 37.3 Å². The molecule has 0 atom stereocenters. The molecule has 0 aliphatic carbocycles. The molecule has 1 N–H and O–H groups in total. The predicted molar refractivity (Wildman–Crippen MR) is 240 cm³/mol. The number of para-hydroxylation sites is 1. The molecule has 59 heavy (non-hydrogen) atoms. The van der Waals surface area contributed by atoms with Gasteiger partial charge in [-0.25, -0.2) is 4.98 Å². The molecule has 5 heterocycles. The van der Waals surface area contributed by atoms with Gasteiger partial charge >= 0.3 is 0 Å². The maximum Gasteiger partial charge on any atom is 0.215 e. The molecule has 0 amide bonds. The van der Waals surface area contributed by atoms with Crippen molar-refractivity contribution in [2.75, 3.05) is 0 Å². The van der Waals surface area contributed by atoms with E-state index in [-0.39, 0.29) is 59.8 Å². The van der Waals surface area contributed by atoms with Crippen LogP contribution in [0.4, 0.5) is 0 Å². The quantitative estimate of drug-likeness (QED) is 0.179. The van der Waals surface area contributed by atoms with Crippen LogP contribution in [0, 0.1) is 19.8 Å². The Balaban J connectivity index is 0.00000533. The Kier molecular flexibility index (Phi) is 7.15. The van der Waals surface area contributed by atoms with E-state index < -0.39 is 13.7 Å². The van der Waals surface area contributed by atoms with Gasteiger partial charge in [-0.3, -0.25) is 4.98 Å². The van der Waals surface area contributed by atoms with Crippen LogP contribution in [0.1, 0.15) is 98.4 Å². The van der Waals surface area contributed by atoms with Crippen molar-refractivity contribution in [2.45, 2.75) is 92.3 Å². The zero-order chi connectivity index (χ0) is 45.8. The number of fused-ring (bicyclic) bond motifs is 9. The topological polar surface area (TPSA) is 68.0 Å². The molecule has 0 aliphatic heterocycles. The van der Waals surface area contributed by atoms with E-state index in [1.165, 1.54) is 18.2 Å². The minimum atomic E-state index is -2.67. The van der Waals surface area contributed by atoms with Gasteiger partial charge in [0.25, 0.3) is 0 Å². The Morgan fingerprint density at radius 1 is 0.712 bits per heavy atom. The summed E-state index contributed by atoms with van der Waals surface area (Å²) in [5.41, 5.74) is 8.57. The average Bonchev–Trinajstić information content (AvgIpc) is 3.95. The summed E-state index contributed by atoms with van der Waals surface area (Å²) >= 11 is 0. The molecule has 5 aromatic heterocycles. The number of oxazole rings is 1. The maximum atomic E-state index is 11.6. The Labute approximate surface area is 367 Å². The molecular weight excluding hydrogens is 908 g/mol. The van der Waals surface area contributed by atoms with Crippen LogP contribution in [0.3, 0.4) is 0 Å². The zero-order valence-electron chi connectivity index (χ0n) is 40.6. The monoisotopic (exact) mass is 962 g/mol. The van der Waals surface area contributed by atoms with Crippen LogP contribution in [0.5, 0.6) is 5.75 Å². The number of phenolic OH excluding ortho intramolecular Hbond substituents is 1. The van der Waals surface area contributed by atoms with E-state index >= 15 is 0 Å². The van der Waals surface area contributed by atoms with Crippen LogP contribution >= 0.6 is 0 Å². The fourth-order valence-electron chi connectivity index (χ4n) is 8.77. The smallest absolute Gasteiger partial charge is 0.215 e. The first-order chi connectivity index (χ1) is 29.8. The molecule has 0 spiro atoms. The van der Waals surface area contributed by atoms with Crippen molar-refractivity contribution in [2.24, 2.45) is 0 Å². The molecule has 7 heteroatoms. The summed E-state index contributed by atoms with van der Waals surface area (Å²) in [5.74, 6) is 0.639. The Morgan fingerprint density at radius 3 is 2.05 bits per heavy atom. The van der Waals surface area contributed by atoms with E-state index in [1.54, 1.807) is 18.3 Å². The predicted octanol–water partition coefficient (Wildman–Crippen LogP) is 13.6. The summed E-state index contributed by atoms with van der Waals surface area (Å²) < 4.78 is 62.8. The first-order valence-electron chi connectivity index (χ1n) is 22.8. The second-order valence-electron chi connectivity index (χ2n) is 18.9. The molecule has 5 aromatic carbocycles. The standard InChI is InChI=1S/C52H49N4O2.Pt/c1-28-14-12-15-29(2)44(28)36-26-38(35-24-31(50(3,4)5)19-21-41(35)57)54-49-45(36)33-16-13-17-34-46-37(52(9,10)11)22-30(23-40(46)56(49)47(33)34)48-53-27-43-55(48)39-20-18-32(51(6,7)8)25-42(39)58-43;/h12-22,24-27,57H,1-11H3;/q-1;/i1D3,2D3;. The number of nitrogens with zero attached hydrogens (tertiary/aromatic N) is 4. The van der Waals surface area contributed by atoms with Crippen LogP contribution in [0.15, 0.2) is 95.5 Å². The first kappa shape index (κ1) is 32.4. The first-order valence-corrected chi connectivity index (χ1v) is 19.8. The van der Waals surface area contributed by atoms with Gasteiger partial charge in [0.15, 0.2) is 5.58 Å². The molecule has 300 valence electrons. The number of rotatable bonds is 3.